The molecule has 0 aliphatic heterocycles. The normalized spacial score (nSPS) is 11.4. The van der Waals surface area contributed by atoms with Gasteiger partial charge >= 0.3 is 0 Å². The van der Waals surface area contributed by atoms with Crippen molar-refractivity contribution in [2.75, 3.05) is 0 Å². The minimum atomic E-state index is 0.667. The maximum atomic E-state index is 2.37. The number of rotatable bonds is 4. The van der Waals surface area contributed by atoms with E-state index < -0.39 is 0 Å². The van der Waals surface area contributed by atoms with Gasteiger partial charge in [-0.3, -0.25) is 0 Å². The Bertz CT molecular complexity index is 1170. The summed E-state index contributed by atoms with van der Waals surface area (Å²) < 4.78 is 2.33. The van der Waals surface area contributed by atoms with Crippen LogP contribution in [0.1, 0.15) is 30.7 Å². The molecule has 0 saturated heterocycles. The fourth-order valence-corrected chi connectivity index (χ4v) is 4.29. The third-order valence-corrected chi connectivity index (χ3v) is 5.83. The van der Waals surface area contributed by atoms with Gasteiger partial charge in [-0.15, -0.1) is 0 Å². The lowest BCUT2D eigenvalue weighted by Crippen LogP contribution is -2.35. The summed E-state index contributed by atoms with van der Waals surface area (Å²) in [7, 11) is 2.18. The van der Waals surface area contributed by atoms with Crippen LogP contribution in [-0.4, -0.2) is 0 Å². The molecule has 29 heavy (non-hydrogen) atoms. The first-order chi connectivity index (χ1) is 13.9. The van der Waals surface area contributed by atoms with Gasteiger partial charge in [0.15, 0.2) is 5.69 Å². The Hall–Kier alpha value is -2.93. The quantitative estimate of drug-likeness (QED) is 0.342. The third-order valence-electron chi connectivity index (χ3n) is 5.83. The van der Waals surface area contributed by atoms with E-state index >= 15 is 0 Å². The Morgan fingerprint density at radius 2 is 1.55 bits per heavy atom. The third kappa shape index (κ3) is 3.82. The van der Waals surface area contributed by atoms with E-state index in [9.17, 15) is 0 Å². The zero-order valence-corrected chi connectivity index (χ0v) is 18.2. The number of hydrogen-bond acceptors (Lipinski definition) is 0. The molecular weight excluding hydrogens is 350 g/mol. The van der Waals surface area contributed by atoms with Crippen molar-refractivity contribution in [1.82, 2.24) is 0 Å². The zero-order valence-electron chi connectivity index (χ0n) is 18.2. The fraction of sp³-hybridized carbons (Fsp3) is 0.250. The monoisotopic (exact) mass is 380 g/mol. The average molecular weight is 381 g/mol. The number of fused-ring (bicyclic) bond motifs is 1. The summed E-state index contributed by atoms with van der Waals surface area (Å²) in [6.07, 6.45) is 1.12. The van der Waals surface area contributed by atoms with Crippen LogP contribution in [0.5, 0.6) is 0 Å². The highest BCUT2D eigenvalue weighted by atomic mass is 14.9. The summed E-state index contributed by atoms with van der Waals surface area (Å²) in [5.74, 6) is 0.667. The predicted octanol–water partition coefficient (Wildman–Crippen LogP) is 6.81. The molecule has 0 aliphatic carbocycles. The molecule has 0 unspecified atom stereocenters. The van der Waals surface area contributed by atoms with Gasteiger partial charge in [0.2, 0.25) is 5.69 Å². The molecule has 0 radical (unpaired) electrons. The molecule has 1 heterocycles. The van der Waals surface area contributed by atoms with E-state index in [1.165, 1.54) is 50.0 Å². The smallest absolute Gasteiger partial charge is 0.198 e. The molecule has 0 bridgehead atoms. The van der Waals surface area contributed by atoms with Gasteiger partial charge in [-0.05, 0) is 59.0 Å². The number of nitrogens with zero attached hydrogens (tertiary/aromatic N) is 1. The van der Waals surface area contributed by atoms with Gasteiger partial charge < -0.3 is 0 Å². The van der Waals surface area contributed by atoms with Crippen LogP contribution in [0.4, 0.5) is 0 Å². The molecule has 0 atom stereocenters. The van der Waals surface area contributed by atoms with Crippen molar-refractivity contribution in [3.63, 3.8) is 0 Å². The van der Waals surface area contributed by atoms with Gasteiger partial charge in [0, 0.05) is 18.6 Å². The molecule has 146 valence electrons. The minimum Gasteiger partial charge on any atom is -0.198 e. The number of aryl methyl sites for hydroxylation is 2. The zero-order chi connectivity index (χ0) is 20.5. The Morgan fingerprint density at radius 3 is 2.24 bits per heavy atom. The van der Waals surface area contributed by atoms with Gasteiger partial charge in [-0.25, -0.2) is 0 Å². The van der Waals surface area contributed by atoms with E-state index in [2.05, 4.69) is 112 Å². The van der Waals surface area contributed by atoms with Crippen LogP contribution in [0.15, 0.2) is 72.8 Å². The van der Waals surface area contributed by atoms with Crippen LogP contribution in [0.2, 0.25) is 0 Å². The summed E-state index contributed by atoms with van der Waals surface area (Å²) in [6.45, 7) is 8.99. The van der Waals surface area contributed by atoms with Crippen molar-refractivity contribution in [2.24, 2.45) is 13.0 Å². The van der Waals surface area contributed by atoms with Crippen LogP contribution in [0.3, 0.4) is 0 Å². The lowest BCUT2D eigenvalue weighted by molar-refractivity contribution is -0.665. The summed E-state index contributed by atoms with van der Waals surface area (Å²) >= 11 is 0. The molecule has 0 saturated carbocycles. The molecule has 0 amide bonds. The Labute approximate surface area is 174 Å². The van der Waals surface area contributed by atoms with Gasteiger partial charge in [0.25, 0.3) is 0 Å². The molecule has 3 aromatic carbocycles. The second-order valence-electron chi connectivity index (χ2n) is 8.61. The van der Waals surface area contributed by atoms with Crippen LogP contribution < -0.4 is 4.57 Å². The van der Waals surface area contributed by atoms with E-state index in [1.54, 1.807) is 0 Å². The number of aromatic nitrogens is 1. The lowest BCUT2D eigenvalue weighted by Gasteiger charge is -2.13. The van der Waals surface area contributed by atoms with Crippen LogP contribution in [0, 0.1) is 19.8 Å². The number of benzene rings is 3. The first-order valence-corrected chi connectivity index (χ1v) is 10.5. The number of pyridine rings is 1. The highest BCUT2D eigenvalue weighted by molar-refractivity contribution is 5.94. The van der Waals surface area contributed by atoms with E-state index in [0.29, 0.717) is 5.92 Å². The standard InChI is InChI=1S/C28H30N/c1-19(2)15-22-11-13-27-25(18-22)17-21(4)29(5)28(27)26-14-12-24(16-20(26)3)23-9-7-6-8-10-23/h6-14,16-19H,15H2,1-5H3/q+1. The first-order valence-electron chi connectivity index (χ1n) is 10.5. The average Bonchev–Trinajstić information content (AvgIpc) is 2.70. The minimum absolute atomic E-state index is 0.667. The van der Waals surface area contributed by atoms with Crippen LogP contribution in [0.25, 0.3) is 33.2 Å². The van der Waals surface area contributed by atoms with Gasteiger partial charge in [0.05, 0.1) is 5.39 Å². The Kier molecular flexibility index (Phi) is 5.24. The highest BCUT2D eigenvalue weighted by Crippen LogP contribution is 2.32. The van der Waals surface area contributed by atoms with Crippen LogP contribution >= 0.6 is 0 Å². The Morgan fingerprint density at radius 1 is 0.793 bits per heavy atom. The largest absolute Gasteiger partial charge is 0.220 e. The maximum absolute atomic E-state index is 2.37. The second-order valence-corrected chi connectivity index (χ2v) is 8.61. The first kappa shape index (κ1) is 19.4. The van der Waals surface area contributed by atoms with Crippen molar-refractivity contribution in [2.45, 2.75) is 34.1 Å². The fourth-order valence-electron chi connectivity index (χ4n) is 4.29. The van der Waals surface area contributed by atoms with Crippen molar-refractivity contribution < 1.29 is 4.57 Å². The summed E-state index contributed by atoms with van der Waals surface area (Å²) in [4.78, 5) is 0. The molecule has 0 fully saturated rings. The summed E-state index contributed by atoms with van der Waals surface area (Å²) in [5.41, 5.74) is 9.14. The van der Waals surface area contributed by atoms with Crippen molar-refractivity contribution in [1.29, 1.82) is 0 Å². The molecule has 1 aromatic heterocycles. The molecule has 1 heteroatoms. The van der Waals surface area contributed by atoms with Gasteiger partial charge in [-0.2, -0.15) is 4.57 Å². The number of hydrogen-bond donors (Lipinski definition) is 0. The van der Waals surface area contributed by atoms with Crippen molar-refractivity contribution >= 4 is 10.8 Å². The molecular formula is C28H30N+. The molecule has 1 nitrogen and oxygen atoms in total. The molecule has 4 rings (SSSR count). The summed E-state index contributed by atoms with van der Waals surface area (Å²) in [5, 5.41) is 2.65. The Balaban J connectivity index is 1.88. The van der Waals surface area contributed by atoms with E-state index in [1.807, 2.05) is 0 Å². The topological polar surface area (TPSA) is 3.88 Å². The van der Waals surface area contributed by atoms with Crippen molar-refractivity contribution in [3.05, 3.63) is 89.6 Å². The van der Waals surface area contributed by atoms with E-state index in [0.717, 1.165) is 6.42 Å². The second kappa shape index (κ2) is 7.83. The molecule has 0 spiro atoms. The molecule has 0 N–H and O–H groups in total. The van der Waals surface area contributed by atoms with Gasteiger partial charge in [-0.1, -0.05) is 68.4 Å². The SMILES string of the molecule is Cc1cc(-c2ccccc2)ccc1-c1c2ccc(CC(C)C)cc2cc(C)[n+]1C. The van der Waals surface area contributed by atoms with E-state index in [4.69, 9.17) is 0 Å². The van der Waals surface area contributed by atoms with E-state index in [-0.39, 0.29) is 0 Å². The van der Waals surface area contributed by atoms with Crippen LogP contribution in [-0.2, 0) is 13.5 Å². The summed E-state index contributed by atoms with van der Waals surface area (Å²) in [6, 6.07) is 26.8. The highest BCUT2D eigenvalue weighted by Gasteiger charge is 2.20. The maximum Gasteiger partial charge on any atom is 0.220 e. The lowest BCUT2D eigenvalue weighted by atomic mass is 9.93. The van der Waals surface area contributed by atoms with Gasteiger partial charge in [0.1, 0.15) is 7.05 Å². The molecule has 4 aromatic rings. The predicted molar refractivity (Wildman–Crippen MR) is 124 cm³/mol. The molecule has 0 aliphatic rings. The van der Waals surface area contributed by atoms with Crippen molar-refractivity contribution in [3.8, 4) is 22.4 Å².